The van der Waals surface area contributed by atoms with Crippen molar-refractivity contribution in [3.8, 4) is 11.3 Å². The molecule has 0 saturated carbocycles. The van der Waals surface area contributed by atoms with E-state index >= 15 is 0 Å². The number of nitrogens with zero attached hydrogens (tertiary/aromatic N) is 1. The van der Waals surface area contributed by atoms with Crippen molar-refractivity contribution in [2.45, 2.75) is 19.8 Å². The third-order valence-corrected chi connectivity index (χ3v) is 4.99. The summed E-state index contributed by atoms with van der Waals surface area (Å²) in [6, 6.07) is 15.6. The van der Waals surface area contributed by atoms with Crippen LogP contribution in [0.4, 0.5) is 5.13 Å². The van der Waals surface area contributed by atoms with Gasteiger partial charge in [-0.2, -0.15) is 0 Å². The van der Waals surface area contributed by atoms with Crippen LogP contribution in [0.2, 0.25) is 0 Å². The molecule has 1 heterocycles. The molecule has 0 bridgehead atoms. The third-order valence-electron chi connectivity index (χ3n) is 3.70. The number of hydrogen-bond donors (Lipinski definition) is 1. The number of aromatic nitrogens is 1. The van der Waals surface area contributed by atoms with Gasteiger partial charge >= 0.3 is 0 Å². The molecule has 5 heteroatoms. The van der Waals surface area contributed by atoms with Crippen molar-refractivity contribution in [3.63, 3.8) is 0 Å². The number of nitrogens with one attached hydrogen (secondary N) is 1. The highest BCUT2D eigenvalue weighted by Gasteiger charge is 2.10. The fraction of sp³-hybridized carbons (Fsp3) is 0.158. The van der Waals surface area contributed by atoms with Crippen LogP contribution in [-0.4, -0.2) is 10.9 Å². The molecule has 1 N–H and O–H groups in total. The van der Waals surface area contributed by atoms with Crippen LogP contribution in [0.25, 0.3) is 11.3 Å². The van der Waals surface area contributed by atoms with Gasteiger partial charge in [0, 0.05) is 21.0 Å². The van der Waals surface area contributed by atoms with Crippen LogP contribution in [0.15, 0.2) is 58.4 Å². The van der Waals surface area contributed by atoms with Gasteiger partial charge in [0.1, 0.15) is 0 Å². The topological polar surface area (TPSA) is 42.0 Å². The van der Waals surface area contributed by atoms with E-state index in [0.717, 1.165) is 15.7 Å². The highest BCUT2D eigenvalue weighted by Crippen LogP contribution is 2.26. The molecule has 2 aromatic carbocycles. The zero-order valence-corrected chi connectivity index (χ0v) is 15.8. The second kappa shape index (κ2) is 7.28. The average molecular weight is 401 g/mol. The number of benzene rings is 2. The maximum atomic E-state index is 12.3. The summed E-state index contributed by atoms with van der Waals surface area (Å²) < 4.78 is 1.03. The van der Waals surface area contributed by atoms with Crippen molar-refractivity contribution >= 4 is 38.3 Å². The lowest BCUT2D eigenvalue weighted by Gasteiger charge is -2.06. The highest BCUT2D eigenvalue weighted by molar-refractivity contribution is 9.10. The fourth-order valence-corrected chi connectivity index (χ4v) is 3.25. The lowest BCUT2D eigenvalue weighted by Crippen LogP contribution is -2.11. The van der Waals surface area contributed by atoms with E-state index < -0.39 is 0 Å². The Hall–Kier alpha value is -1.98. The summed E-state index contributed by atoms with van der Waals surface area (Å²) in [4.78, 5) is 16.8. The van der Waals surface area contributed by atoms with E-state index in [1.54, 1.807) is 0 Å². The number of carbonyl (C=O) groups is 1. The minimum Gasteiger partial charge on any atom is -0.298 e. The molecule has 122 valence electrons. The van der Waals surface area contributed by atoms with Crippen molar-refractivity contribution in [2.75, 3.05) is 5.32 Å². The van der Waals surface area contributed by atoms with Gasteiger partial charge < -0.3 is 0 Å². The van der Waals surface area contributed by atoms with Crippen molar-refractivity contribution < 1.29 is 4.79 Å². The smallest absolute Gasteiger partial charge is 0.257 e. The summed E-state index contributed by atoms with van der Waals surface area (Å²) in [5, 5.41) is 5.42. The van der Waals surface area contributed by atoms with E-state index in [4.69, 9.17) is 0 Å². The van der Waals surface area contributed by atoms with Crippen LogP contribution in [0, 0.1) is 0 Å². The molecule has 0 radical (unpaired) electrons. The maximum absolute atomic E-state index is 12.3. The molecule has 0 fully saturated rings. The number of carbonyl (C=O) groups excluding carboxylic acids is 1. The average Bonchev–Trinajstić information content (AvgIpc) is 3.04. The molecule has 3 rings (SSSR count). The number of hydrogen-bond acceptors (Lipinski definition) is 3. The van der Waals surface area contributed by atoms with E-state index in [1.807, 2.05) is 53.9 Å². The SMILES string of the molecule is CC(C)c1ccc(C(=O)Nc2nc(-c3ccc(Br)cc3)cs2)cc1. The first-order valence-corrected chi connectivity index (χ1v) is 9.33. The summed E-state index contributed by atoms with van der Waals surface area (Å²) in [5.74, 6) is 0.316. The quantitative estimate of drug-likeness (QED) is 0.587. The Morgan fingerprint density at radius 3 is 2.38 bits per heavy atom. The Balaban J connectivity index is 1.72. The van der Waals surface area contributed by atoms with Crippen molar-refractivity contribution in [3.05, 3.63) is 69.5 Å². The van der Waals surface area contributed by atoms with Crippen LogP contribution in [0.3, 0.4) is 0 Å². The summed E-state index contributed by atoms with van der Waals surface area (Å²) in [5.41, 5.74) is 3.74. The predicted octanol–water partition coefficient (Wildman–Crippen LogP) is 5.95. The Kier molecular flexibility index (Phi) is 5.11. The van der Waals surface area contributed by atoms with Crippen LogP contribution < -0.4 is 5.32 Å². The normalized spacial score (nSPS) is 10.8. The maximum Gasteiger partial charge on any atom is 0.257 e. The number of rotatable bonds is 4. The largest absolute Gasteiger partial charge is 0.298 e. The second-order valence-electron chi connectivity index (χ2n) is 5.78. The van der Waals surface area contributed by atoms with E-state index in [0.29, 0.717) is 16.6 Å². The third kappa shape index (κ3) is 3.91. The zero-order chi connectivity index (χ0) is 17.1. The van der Waals surface area contributed by atoms with Gasteiger partial charge in [0.2, 0.25) is 0 Å². The Morgan fingerprint density at radius 2 is 1.75 bits per heavy atom. The molecule has 3 aromatic rings. The minimum atomic E-state index is -0.137. The Bertz CT molecular complexity index is 839. The Labute approximate surface area is 153 Å². The minimum absolute atomic E-state index is 0.137. The number of amides is 1. The molecule has 3 nitrogen and oxygen atoms in total. The summed E-state index contributed by atoms with van der Waals surface area (Å²) in [6.07, 6.45) is 0. The van der Waals surface area contributed by atoms with Gasteiger partial charge in [-0.15, -0.1) is 11.3 Å². The van der Waals surface area contributed by atoms with Gasteiger partial charge in [0.15, 0.2) is 5.13 Å². The lowest BCUT2D eigenvalue weighted by atomic mass is 10.0. The second-order valence-corrected chi connectivity index (χ2v) is 7.55. The van der Waals surface area contributed by atoms with Crippen LogP contribution in [0.5, 0.6) is 0 Å². The van der Waals surface area contributed by atoms with E-state index in [-0.39, 0.29) is 5.91 Å². The summed E-state index contributed by atoms with van der Waals surface area (Å²) in [6.45, 7) is 4.27. The molecule has 0 aliphatic heterocycles. The molecule has 0 atom stereocenters. The molecular formula is C19H17BrN2OS. The number of halogens is 1. The predicted molar refractivity (Wildman–Crippen MR) is 104 cm³/mol. The fourth-order valence-electron chi connectivity index (χ4n) is 2.27. The summed E-state index contributed by atoms with van der Waals surface area (Å²) >= 11 is 4.85. The molecule has 0 spiro atoms. The standard InChI is InChI=1S/C19H17BrN2OS/c1-12(2)13-3-5-15(6-4-13)18(23)22-19-21-17(11-24-19)14-7-9-16(20)10-8-14/h3-12H,1-2H3,(H,21,22,23). The molecule has 0 aliphatic rings. The van der Waals surface area contributed by atoms with Gasteiger partial charge in [-0.1, -0.05) is 54.0 Å². The van der Waals surface area contributed by atoms with Crippen molar-refractivity contribution in [1.82, 2.24) is 4.98 Å². The molecule has 0 saturated heterocycles. The first-order valence-electron chi connectivity index (χ1n) is 7.65. The van der Waals surface area contributed by atoms with Crippen LogP contribution >= 0.6 is 27.3 Å². The van der Waals surface area contributed by atoms with Gasteiger partial charge in [-0.3, -0.25) is 10.1 Å². The first-order chi connectivity index (χ1) is 11.5. The first kappa shape index (κ1) is 16.9. The van der Waals surface area contributed by atoms with Crippen molar-refractivity contribution in [2.24, 2.45) is 0 Å². The molecule has 1 amide bonds. The lowest BCUT2D eigenvalue weighted by molar-refractivity contribution is 0.102. The van der Waals surface area contributed by atoms with E-state index in [2.05, 4.69) is 40.1 Å². The van der Waals surface area contributed by atoms with Gasteiger partial charge in [0.25, 0.3) is 5.91 Å². The number of thiazole rings is 1. The zero-order valence-electron chi connectivity index (χ0n) is 13.4. The van der Waals surface area contributed by atoms with E-state index in [1.165, 1.54) is 16.9 Å². The van der Waals surface area contributed by atoms with Gasteiger partial charge in [-0.05, 0) is 35.7 Å². The highest BCUT2D eigenvalue weighted by atomic mass is 79.9. The van der Waals surface area contributed by atoms with Crippen LogP contribution in [-0.2, 0) is 0 Å². The Morgan fingerprint density at radius 1 is 1.08 bits per heavy atom. The van der Waals surface area contributed by atoms with Gasteiger partial charge in [0.05, 0.1) is 5.69 Å². The molecular weight excluding hydrogens is 384 g/mol. The molecule has 0 aliphatic carbocycles. The summed E-state index contributed by atoms with van der Waals surface area (Å²) in [7, 11) is 0. The molecule has 1 aromatic heterocycles. The van der Waals surface area contributed by atoms with E-state index in [9.17, 15) is 4.79 Å². The molecule has 0 unspecified atom stereocenters. The van der Waals surface area contributed by atoms with Crippen molar-refractivity contribution in [1.29, 1.82) is 0 Å². The number of anilines is 1. The molecule has 24 heavy (non-hydrogen) atoms. The monoisotopic (exact) mass is 400 g/mol. The van der Waals surface area contributed by atoms with Gasteiger partial charge in [-0.25, -0.2) is 4.98 Å². The van der Waals surface area contributed by atoms with Crippen LogP contribution in [0.1, 0.15) is 35.7 Å².